The topological polar surface area (TPSA) is 370 Å². The average molecular weight is 1790 g/mol. The lowest BCUT2D eigenvalue weighted by molar-refractivity contribution is -0.266. The van der Waals surface area contributed by atoms with Crippen molar-refractivity contribution in [3.05, 3.63) is 134 Å². The number of aliphatic hydroxyl groups is 8. The van der Waals surface area contributed by atoms with E-state index in [2.05, 4.69) is 157 Å². The number of aliphatic hydroxyl groups excluding tert-OH is 8. The first kappa shape index (κ1) is 82.6. The van der Waals surface area contributed by atoms with Crippen molar-refractivity contribution in [2.75, 3.05) is 19.8 Å². The minimum Gasteiger partial charge on any atom is -0.463 e. The first-order chi connectivity index (χ1) is 44.5. The van der Waals surface area contributed by atoms with Gasteiger partial charge in [0.25, 0.3) is 0 Å². The van der Waals surface area contributed by atoms with Crippen LogP contribution < -0.4 is 4.84 Å². The lowest BCUT2D eigenvalue weighted by Crippen LogP contribution is -2.61. The zero-order chi connectivity index (χ0) is 69.9. The molecule has 4 fully saturated rings. The fourth-order valence-electron chi connectivity index (χ4n) is 9.75. The van der Waals surface area contributed by atoms with Gasteiger partial charge in [-0.05, 0) is 193 Å². The number of aliphatic imine (C=N–C) groups is 3. The number of nitrogens with one attached hydrogen (secondary N) is 1. The van der Waals surface area contributed by atoms with E-state index in [1.54, 1.807) is 12.1 Å². The number of esters is 4. The third kappa shape index (κ3) is 26.8. The molecule has 4 unspecified atom stereocenters. The molecule has 518 valence electrons. The molecule has 4 aliphatic rings. The number of ether oxygens (including phenoxy) is 8. The fourth-order valence-corrected chi connectivity index (χ4v) is 11.4. The number of carbonyl (C=O) groups is 5. The zero-order valence-electron chi connectivity index (χ0n) is 52.5. The molecule has 0 amide bonds. The molecule has 0 aromatic heterocycles. The van der Waals surface area contributed by atoms with Gasteiger partial charge in [0.2, 0.25) is 6.29 Å². The van der Waals surface area contributed by atoms with Crippen molar-refractivity contribution < 1.29 is 103 Å². The number of halogens is 5. The maximum absolute atomic E-state index is 11.9. The van der Waals surface area contributed by atoms with Crippen molar-refractivity contribution in [3.63, 3.8) is 0 Å². The molecule has 20 atom stereocenters. The van der Waals surface area contributed by atoms with Crippen molar-refractivity contribution in [2.45, 2.75) is 172 Å². The van der Waals surface area contributed by atoms with Crippen LogP contribution in [0.5, 0.6) is 0 Å². The van der Waals surface area contributed by atoms with E-state index in [9.17, 15) is 54.6 Å². The first-order valence-electron chi connectivity index (χ1n) is 29.6. The van der Waals surface area contributed by atoms with Gasteiger partial charge in [-0.1, -0.05) is 69.3 Å². The number of aldehydes is 1. The van der Waals surface area contributed by atoms with E-state index in [1.807, 2.05) is 66.9 Å². The second-order valence-electron chi connectivity index (χ2n) is 21.8. The summed E-state index contributed by atoms with van der Waals surface area (Å²) in [5.74, 6) is -1.48. The highest BCUT2D eigenvalue weighted by atomic mass is 127. The molecule has 94 heavy (non-hydrogen) atoms. The van der Waals surface area contributed by atoms with Gasteiger partial charge in [0, 0.05) is 66.2 Å². The van der Waals surface area contributed by atoms with E-state index in [4.69, 9.17) is 64.9 Å². The molecule has 0 aliphatic carbocycles. The molecule has 25 nitrogen and oxygen atoms in total. The van der Waals surface area contributed by atoms with Crippen LogP contribution in [0.15, 0.2) is 112 Å². The molecule has 4 heterocycles. The third-order valence-electron chi connectivity index (χ3n) is 14.9. The van der Waals surface area contributed by atoms with E-state index in [0.29, 0.717) is 17.9 Å². The highest BCUT2D eigenvalue weighted by Gasteiger charge is 2.52. The van der Waals surface area contributed by atoms with E-state index >= 15 is 0 Å². The molecular weight excluding hydrogens is 1700 g/mol. The Morgan fingerprint density at radius 3 is 1.31 bits per heavy atom. The number of nitrogens with zero attached hydrogens (tertiary/aromatic N) is 3. The summed E-state index contributed by atoms with van der Waals surface area (Å²) in [5, 5.41) is 75.0. The smallest absolute Gasteiger partial charge is 0.305 e. The molecule has 0 saturated carbocycles. The molecular formula is C64H81ClI4N4O21. The Morgan fingerprint density at radius 1 is 0.500 bits per heavy atom. The van der Waals surface area contributed by atoms with Crippen molar-refractivity contribution in [2.24, 2.45) is 26.8 Å². The van der Waals surface area contributed by atoms with Gasteiger partial charge < -0.3 is 78.7 Å². The summed E-state index contributed by atoms with van der Waals surface area (Å²) in [4.78, 5) is 72.1. The Kier molecular flexibility index (Phi) is 37.0. The van der Waals surface area contributed by atoms with Gasteiger partial charge >= 0.3 is 23.9 Å². The second kappa shape index (κ2) is 42.2. The van der Waals surface area contributed by atoms with Gasteiger partial charge in [-0.15, -0.1) is 0 Å². The van der Waals surface area contributed by atoms with Crippen LogP contribution in [0.25, 0.3) is 0 Å². The molecule has 0 bridgehead atoms. The highest BCUT2D eigenvalue weighted by molar-refractivity contribution is 14.1. The lowest BCUT2D eigenvalue weighted by Gasteiger charge is -2.42. The SMILES string of the molecule is CC(=O)OC[C@H]1OC(OC(C)=O)[C@H](N=Cc2ccc(I)cc2)[C@@H](OC(C)=O)[C@@H]1OC(C)=O.CC[C@H]1OC(C)[C@H](N=Cc2ccc(I)cc2)[C@@H](C)[C@@H]1C.O=Cc1ccc(I)cc1.OC[C@H]1OC(O)[C@H](N=Cc2ccc(I)cc2)[C@@H](O)[C@@H]1O.OC[C@H]1OC(O)[C@H](NCl)[C@@H](O)[C@@H]1O. The summed E-state index contributed by atoms with van der Waals surface area (Å²) in [7, 11) is 0. The van der Waals surface area contributed by atoms with Gasteiger partial charge in [0.15, 0.2) is 30.8 Å². The van der Waals surface area contributed by atoms with Crippen LogP contribution in [0.2, 0.25) is 0 Å². The van der Waals surface area contributed by atoms with Gasteiger partial charge in [-0.25, -0.2) is 4.84 Å². The first-order valence-corrected chi connectivity index (χ1v) is 34.3. The van der Waals surface area contributed by atoms with Crippen molar-refractivity contribution >= 4 is 151 Å². The molecule has 4 aromatic rings. The number of hydrogen-bond donors (Lipinski definition) is 9. The summed E-state index contributed by atoms with van der Waals surface area (Å²) in [6, 6.07) is 28.0. The van der Waals surface area contributed by atoms with Crippen LogP contribution in [0.3, 0.4) is 0 Å². The van der Waals surface area contributed by atoms with Crippen LogP contribution in [-0.4, -0.2) is 220 Å². The van der Waals surface area contributed by atoms with Crippen LogP contribution in [0.4, 0.5) is 0 Å². The zero-order valence-corrected chi connectivity index (χ0v) is 61.9. The predicted molar refractivity (Wildman–Crippen MR) is 380 cm³/mol. The quantitative estimate of drug-likeness (QED) is 0.0167. The summed E-state index contributed by atoms with van der Waals surface area (Å²) in [6.45, 7) is 12.4. The number of benzene rings is 4. The van der Waals surface area contributed by atoms with Gasteiger partial charge in [0.1, 0.15) is 67.7 Å². The number of rotatable bonds is 16. The number of carbonyl (C=O) groups excluding carboxylic acids is 5. The van der Waals surface area contributed by atoms with Crippen LogP contribution in [-0.2, 0) is 57.1 Å². The van der Waals surface area contributed by atoms with Crippen molar-refractivity contribution in [1.29, 1.82) is 0 Å². The van der Waals surface area contributed by atoms with E-state index in [0.717, 1.165) is 45.7 Å². The Hall–Kier alpha value is -3.87. The molecule has 8 rings (SSSR count). The molecule has 4 saturated heterocycles. The molecule has 0 radical (unpaired) electrons. The van der Waals surface area contributed by atoms with Gasteiger partial charge in [0.05, 0.1) is 31.5 Å². The lowest BCUT2D eigenvalue weighted by atomic mass is 9.79. The van der Waals surface area contributed by atoms with Gasteiger partial charge in [-0.2, -0.15) is 0 Å². The third-order valence-corrected chi connectivity index (χ3v) is 18.0. The molecule has 4 aromatic carbocycles. The van der Waals surface area contributed by atoms with E-state index < -0.39 is 129 Å². The Morgan fingerprint density at radius 2 is 0.904 bits per heavy atom. The van der Waals surface area contributed by atoms with Crippen LogP contribution in [0, 0.1) is 26.1 Å². The Labute approximate surface area is 605 Å². The Bertz CT molecular complexity index is 2970. The summed E-state index contributed by atoms with van der Waals surface area (Å²) < 4.78 is 47.3. The average Bonchev–Trinajstić information content (AvgIpc) is 0.814. The van der Waals surface area contributed by atoms with Crippen LogP contribution >= 0.6 is 102 Å². The standard InChI is InChI=1S/C21H24INO9.C17H24INO.C13H16INO5.C7H5IO.C6H12ClNO5/c1-11(24)28-10-17-19(29-12(2)25)20(30-13(3)26)18(21(32-17)31-14(4)27)23-9-15-5-7-16(22)8-6-15;1-5-16-11(2)12(3)17(13(4)20-16)19-10-14-6-8-15(18)9-7-14;14-8-3-1-7(2-4-8)5-15-10-12(18)11(17)9(6-16)20-13(10)19;8-7-3-1-6(5-9)2-4-7;7-8-3-5(11)4(10)2(1-9)13-6(3)12/h5-9,17-21H,10H2,1-4H3;6-13,16-17H,5H2,1-4H3;1-5,9-13,16-19H,6H2;1-5H;2-6,8-12H,1H2/t17-,18-,19-,20-,21?;11-,12-,13?,16+,17+;9-,10-,11-,12-,13?;;2-,3-,4-,5-,6?/m101.1/s1. The highest BCUT2D eigenvalue weighted by Crippen LogP contribution is 2.34. The minimum absolute atomic E-state index is 0.200. The molecule has 9 N–H and O–H groups in total. The van der Waals surface area contributed by atoms with Crippen LogP contribution in [0.1, 0.15) is 88.9 Å². The van der Waals surface area contributed by atoms with Crippen molar-refractivity contribution in [3.8, 4) is 0 Å². The summed E-state index contributed by atoms with van der Waals surface area (Å²) >= 11 is 14.1. The second-order valence-corrected chi connectivity index (χ2v) is 27.0. The maximum Gasteiger partial charge on any atom is 0.305 e. The predicted octanol–water partition coefficient (Wildman–Crippen LogP) is 5.48. The molecule has 4 aliphatic heterocycles. The van der Waals surface area contributed by atoms with E-state index in [1.165, 1.54) is 43.7 Å². The normalized spacial score (nSPS) is 30.5. The number of hydrogen-bond acceptors (Lipinski definition) is 25. The van der Waals surface area contributed by atoms with Crippen molar-refractivity contribution in [1.82, 2.24) is 4.84 Å². The summed E-state index contributed by atoms with van der Waals surface area (Å²) in [6.07, 6.45) is -7.04. The molecule has 0 spiro atoms. The maximum atomic E-state index is 11.9. The molecule has 30 heteroatoms. The Balaban J connectivity index is 0.000000265. The summed E-state index contributed by atoms with van der Waals surface area (Å²) in [5.41, 5.74) is 3.44. The largest absolute Gasteiger partial charge is 0.463 e. The minimum atomic E-state index is -1.37. The van der Waals surface area contributed by atoms with Gasteiger partial charge in [-0.3, -0.25) is 38.9 Å². The van der Waals surface area contributed by atoms with E-state index in [-0.39, 0.29) is 18.8 Å². The monoisotopic (exact) mass is 1780 g/mol. The fraction of sp³-hybridized carbons (Fsp3) is 0.500.